The number of hydrogen-bond acceptors (Lipinski definition) is 6. The lowest BCUT2D eigenvalue weighted by Gasteiger charge is -2.29. The number of methoxy groups -OCH3 is 1. The highest BCUT2D eigenvalue weighted by molar-refractivity contribution is 8.00. The number of thioether (sulfide) groups is 2. The van der Waals surface area contributed by atoms with Gasteiger partial charge in [0.2, 0.25) is 5.91 Å². The summed E-state index contributed by atoms with van der Waals surface area (Å²) in [6, 6.07) is 8.09. The Bertz CT molecular complexity index is 945. The number of anilines is 1. The predicted octanol–water partition coefficient (Wildman–Crippen LogP) is 2.61. The van der Waals surface area contributed by atoms with Gasteiger partial charge in [0.25, 0.3) is 5.56 Å². The number of fused-ring (bicyclic) bond motifs is 2. The second-order valence-corrected chi connectivity index (χ2v) is 8.83. The van der Waals surface area contributed by atoms with Gasteiger partial charge in [0.15, 0.2) is 5.16 Å². The van der Waals surface area contributed by atoms with Gasteiger partial charge < -0.3 is 9.64 Å². The van der Waals surface area contributed by atoms with Crippen LogP contribution in [0, 0.1) is 0 Å². The number of ether oxygens (including phenoxy) is 1. The minimum absolute atomic E-state index is 0.0113. The van der Waals surface area contributed by atoms with Crippen molar-refractivity contribution in [3.05, 3.63) is 45.9 Å². The highest BCUT2D eigenvalue weighted by Gasteiger charge is 2.25. The van der Waals surface area contributed by atoms with Gasteiger partial charge in [-0.15, -0.1) is 11.8 Å². The molecule has 2 aromatic rings. The molecule has 8 heteroatoms. The van der Waals surface area contributed by atoms with Crippen molar-refractivity contribution in [2.45, 2.75) is 35.9 Å². The molecular formula is C20H23N3O3S2. The molecule has 0 aliphatic carbocycles. The van der Waals surface area contributed by atoms with Crippen molar-refractivity contribution in [2.24, 2.45) is 0 Å². The van der Waals surface area contributed by atoms with Crippen LogP contribution in [-0.4, -0.2) is 47.2 Å². The molecule has 148 valence electrons. The Balaban J connectivity index is 1.54. The van der Waals surface area contributed by atoms with Crippen LogP contribution in [0.5, 0.6) is 0 Å². The molecule has 0 bridgehead atoms. The average molecular weight is 418 g/mol. The van der Waals surface area contributed by atoms with Gasteiger partial charge in [-0.2, -0.15) is 0 Å². The first kappa shape index (κ1) is 19.5. The van der Waals surface area contributed by atoms with E-state index in [0.29, 0.717) is 18.3 Å². The van der Waals surface area contributed by atoms with E-state index in [1.54, 1.807) is 23.4 Å². The van der Waals surface area contributed by atoms with Crippen LogP contribution in [-0.2, 0) is 28.9 Å². The quantitative estimate of drug-likeness (QED) is 0.532. The van der Waals surface area contributed by atoms with Crippen molar-refractivity contribution in [1.82, 2.24) is 9.55 Å². The number of hydrogen-bond donors (Lipinski definition) is 0. The van der Waals surface area contributed by atoms with E-state index in [-0.39, 0.29) is 17.2 Å². The molecule has 2 aliphatic rings. The molecule has 0 atom stereocenters. The Morgan fingerprint density at radius 1 is 1.32 bits per heavy atom. The zero-order chi connectivity index (χ0) is 19.5. The number of benzene rings is 1. The number of aryl methyl sites for hydroxylation is 2. The smallest absolute Gasteiger partial charge is 0.268 e. The van der Waals surface area contributed by atoms with E-state index < -0.39 is 0 Å². The summed E-state index contributed by atoms with van der Waals surface area (Å²) in [6.07, 6.45) is 2.79. The predicted molar refractivity (Wildman–Crippen MR) is 113 cm³/mol. The Labute approximate surface area is 172 Å². The second kappa shape index (κ2) is 8.71. The third-order valence-electron chi connectivity index (χ3n) is 5.00. The molecule has 2 aliphatic heterocycles. The molecule has 0 radical (unpaired) electrons. The van der Waals surface area contributed by atoms with Crippen molar-refractivity contribution in [3.8, 4) is 0 Å². The van der Waals surface area contributed by atoms with E-state index in [1.165, 1.54) is 17.3 Å². The lowest BCUT2D eigenvalue weighted by atomic mass is 10.0. The van der Waals surface area contributed by atoms with Crippen molar-refractivity contribution in [2.75, 3.05) is 36.7 Å². The maximum absolute atomic E-state index is 12.9. The molecule has 28 heavy (non-hydrogen) atoms. The van der Waals surface area contributed by atoms with Crippen LogP contribution in [0.3, 0.4) is 0 Å². The van der Waals surface area contributed by atoms with E-state index in [2.05, 4.69) is 6.07 Å². The molecule has 1 amide bonds. The average Bonchev–Trinajstić information content (AvgIpc) is 3.20. The highest BCUT2D eigenvalue weighted by Crippen LogP contribution is 2.30. The Kier molecular flexibility index (Phi) is 6.08. The molecule has 6 nitrogen and oxygen atoms in total. The van der Waals surface area contributed by atoms with Crippen LogP contribution in [0.1, 0.15) is 17.7 Å². The lowest BCUT2D eigenvalue weighted by Crippen LogP contribution is -2.37. The molecule has 1 aromatic heterocycles. The van der Waals surface area contributed by atoms with Gasteiger partial charge in [0, 0.05) is 31.5 Å². The van der Waals surface area contributed by atoms with E-state index in [9.17, 15) is 9.59 Å². The summed E-state index contributed by atoms with van der Waals surface area (Å²) >= 11 is 2.92. The van der Waals surface area contributed by atoms with Crippen LogP contribution in [0.15, 0.2) is 39.1 Å². The second-order valence-electron chi connectivity index (χ2n) is 6.78. The third-order valence-corrected chi connectivity index (χ3v) is 7.07. The van der Waals surface area contributed by atoms with Crippen molar-refractivity contribution < 1.29 is 9.53 Å². The van der Waals surface area contributed by atoms with Crippen LogP contribution >= 0.6 is 23.5 Å². The van der Waals surface area contributed by atoms with Gasteiger partial charge in [0.1, 0.15) is 0 Å². The fourth-order valence-corrected chi connectivity index (χ4v) is 5.57. The molecule has 0 saturated heterocycles. The van der Waals surface area contributed by atoms with Crippen LogP contribution in [0.25, 0.3) is 0 Å². The highest BCUT2D eigenvalue weighted by atomic mass is 32.2. The fourth-order valence-electron chi connectivity index (χ4n) is 3.61. The number of carbonyl (C=O) groups excluding carboxylic acids is 1. The fraction of sp³-hybridized carbons (Fsp3) is 0.450. The summed E-state index contributed by atoms with van der Waals surface area (Å²) in [5.74, 6) is 1.21. The first-order valence-electron chi connectivity index (χ1n) is 9.45. The maximum atomic E-state index is 12.9. The van der Waals surface area contributed by atoms with E-state index in [0.717, 1.165) is 47.8 Å². The zero-order valence-corrected chi connectivity index (χ0v) is 17.5. The zero-order valence-electron chi connectivity index (χ0n) is 15.8. The van der Waals surface area contributed by atoms with Crippen molar-refractivity contribution >= 4 is 35.1 Å². The summed E-state index contributed by atoms with van der Waals surface area (Å²) in [7, 11) is 1.62. The first-order chi connectivity index (χ1) is 13.7. The Morgan fingerprint density at radius 2 is 2.18 bits per heavy atom. The molecule has 4 rings (SSSR count). The third kappa shape index (κ3) is 3.86. The van der Waals surface area contributed by atoms with E-state index in [1.807, 2.05) is 23.1 Å². The van der Waals surface area contributed by atoms with Crippen molar-refractivity contribution in [3.63, 3.8) is 0 Å². The van der Waals surface area contributed by atoms with Gasteiger partial charge >= 0.3 is 0 Å². The van der Waals surface area contributed by atoms with Gasteiger partial charge in [-0.1, -0.05) is 30.0 Å². The van der Waals surface area contributed by atoms with E-state index in [4.69, 9.17) is 9.72 Å². The number of carbonyl (C=O) groups is 1. The molecule has 0 spiro atoms. The normalized spacial score (nSPS) is 15.4. The SMILES string of the molecule is COCCn1c(SCC(=O)N2CCCc3ccccc32)nc2c(c1=O)SCC2. The monoisotopic (exact) mass is 417 g/mol. The molecule has 0 N–H and O–H groups in total. The standard InChI is InChI=1S/C20H23N3O3S2/c1-26-11-10-23-19(25)18-15(8-12-27-18)21-20(23)28-13-17(24)22-9-4-6-14-5-2-3-7-16(14)22/h2-3,5,7H,4,6,8-13H2,1H3. The maximum Gasteiger partial charge on any atom is 0.268 e. The van der Waals surface area contributed by atoms with Crippen molar-refractivity contribution in [1.29, 1.82) is 0 Å². The summed E-state index contributed by atoms with van der Waals surface area (Å²) in [5.41, 5.74) is 3.08. The summed E-state index contributed by atoms with van der Waals surface area (Å²) in [4.78, 5) is 33.1. The number of para-hydroxylation sites is 1. The molecule has 1 aromatic carbocycles. The molecule has 3 heterocycles. The Hall–Kier alpha value is -1.77. The molecule has 0 unspecified atom stereocenters. The number of rotatable bonds is 6. The lowest BCUT2D eigenvalue weighted by molar-refractivity contribution is -0.116. The van der Waals surface area contributed by atoms with Gasteiger partial charge in [-0.3, -0.25) is 14.2 Å². The number of aromatic nitrogens is 2. The largest absolute Gasteiger partial charge is 0.383 e. The van der Waals surface area contributed by atoms with Gasteiger partial charge in [-0.05, 0) is 24.5 Å². The minimum Gasteiger partial charge on any atom is -0.383 e. The summed E-state index contributed by atoms with van der Waals surface area (Å²) < 4.78 is 6.81. The Morgan fingerprint density at radius 3 is 3.04 bits per heavy atom. The molecule has 0 fully saturated rings. The molecular weight excluding hydrogens is 394 g/mol. The van der Waals surface area contributed by atoms with Gasteiger partial charge in [0.05, 0.1) is 29.5 Å². The van der Waals surface area contributed by atoms with Crippen LogP contribution < -0.4 is 10.5 Å². The minimum atomic E-state index is -0.0113. The number of amides is 1. The summed E-state index contributed by atoms with van der Waals surface area (Å²) in [5, 5.41) is 0.613. The summed E-state index contributed by atoms with van der Waals surface area (Å²) in [6.45, 7) is 1.62. The van der Waals surface area contributed by atoms with Crippen LogP contribution in [0.4, 0.5) is 5.69 Å². The first-order valence-corrected chi connectivity index (χ1v) is 11.4. The van der Waals surface area contributed by atoms with Crippen LogP contribution in [0.2, 0.25) is 0 Å². The number of nitrogens with zero attached hydrogens (tertiary/aromatic N) is 3. The van der Waals surface area contributed by atoms with E-state index >= 15 is 0 Å². The van der Waals surface area contributed by atoms with Gasteiger partial charge in [-0.25, -0.2) is 4.98 Å². The topological polar surface area (TPSA) is 64.4 Å². The molecule has 0 saturated carbocycles.